The Labute approximate surface area is 140 Å². The lowest BCUT2D eigenvalue weighted by molar-refractivity contribution is 0.0115. The summed E-state index contributed by atoms with van der Waals surface area (Å²) >= 11 is 0. The monoisotopic (exact) mass is 318 g/mol. The lowest BCUT2D eigenvalue weighted by Crippen LogP contribution is -2.49. The van der Waals surface area contributed by atoms with Gasteiger partial charge in [0.1, 0.15) is 5.75 Å². The summed E-state index contributed by atoms with van der Waals surface area (Å²) in [4.78, 5) is 5.10. The zero-order chi connectivity index (χ0) is 16.2. The second-order valence-corrected chi connectivity index (χ2v) is 6.95. The first-order valence-electron chi connectivity index (χ1n) is 8.93. The Morgan fingerprint density at radius 2 is 1.78 bits per heavy atom. The normalized spacial score (nSPS) is 21.0. The van der Waals surface area contributed by atoms with E-state index in [9.17, 15) is 0 Å². The Morgan fingerprint density at radius 3 is 2.39 bits per heavy atom. The van der Waals surface area contributed by atoms with Crippen LogP contribution in [0.25, 0.3) is 0 Å². The van der Waals surface area contributed by atoms with E-state index in [1.54, 1.807) is 7.11 Å². The molecule has 128 valence electrons. The van der Waals surface area contributed by atoms with Gasteiger partial charge in [0.2, 0.25) is 0 Å². The molecule has 23 heavy (non-hydrogen) atoms. The van der Waals surface area contributed by atoms with Crippen molar-refractivity contribution in [2.45, 2.75) is 38.6 Å². The first-order chi connectivity index (χ1) is 11.2. The fourth-order valence-electron chi connectivity index (χ4n) is 3.73. The number of benzene rings is 1. The quantitative estimate of drug-likeness (QED) is 0.851. The molecule has 0 amide bonds. The summed E-state index contributed by atoms with van der Waals surface area (Å²) in [5, 5.41) is 0. The zero-order valence-corrected chi connectivity index (χ0v) is 14.8. The summed E-state index contributed by atoms with van der Waals surface area (Å²) in [6.07, 6.45) is 2.46. The van der Waals surface area contributed by atoms with E-state index in [4.69, 9.17) is 9.47 Å². The molecule has 0 unspecified atom stereocenters. The smallest absolute Gasteiger partial charge is 0.142 e. The van der Waals surface area contributed by atoms with Gasteiger partial charge in [-0.3, -0.25) is 4.90 Å². The molecular formula is C19H30N2O2. The minimum Gasteiger partial charge on any atom is -0.495 e. The van der Waals surface area contributed by atoms with E-state index in [-0.39, 0.29) is 0 Å². The Kier molecular flexibility index (Phi) is 5.44. The van der Waals surface area contributed by atoms with E-state index < -0.39 is 0 Å². The van der Waals surface area contributed by atoms with Gasteiger partial charge in [0.05, 0.1) is 26.0 Å². The lowest BCUT2D eigenvalue weighted by Gasteiger charge is -2.41. The van der Waals surface area contributed by atoms with Crippen LogP contribution in [0.15, 0.2) is 18.2 Å². The number of anilines is 1. The van der Waals surface area contributed by atoms with E-state index >= 15 is 0 Å². The van der Waals surface area contributed by atoms with E-state index in [0.29, 0.717) is 5.92 Å². The standard InChI is InChI=1S/C19H30N2O2/c1-15(2)16-4-5-18(19(14-16)22-3)21-8-6-17(7-9-21)20-10-12-23-13-11-20/h4-5,14-15,17H,6-13H2,1-3H3. The topological polar surface area (TPSA) is 24.9 Å². The third kappa shape index (κ3) is 3.81. The first-order valence-corrected chi connectivity index (χ1v) is 8.93. The maximum atomic E-state index is 5.66. The van der Waals surface area contributed by atoms with Crippen molar-refractivity contribution in [1.29, 1.82) is 0 Å². The second kappa shape index (κ2) is 7.54. The fourth-order valence-corrected chi connectivity index (χ4v) is 3.73. The van der Waals surface area contributed by atoms with Crippen LogP contribution < -0.4 is 9.64 Å². The molecule has 0 spiro atoms. The molecule has 4 heteroatoms. The average molecular weight is 318 g/mol. The predicted molar refractivity (Wildman–Crippen MR) is 94.7 cm³/mol. The van der Waals surface area contributed by atoms with E-state index in [2.05, 4.69) is 41.8 Å². The van der Waals surface area contributed by atoms with Gasteiger partial charge in [0.25, 0.3) is 0 Å². The van der Waals surface area contributed by atoms with Crippen LogP contribution in [0, 0.1) is 0 Å². The summed E-state index contributed by atoms with van der Waals surface area (Å²) in [6.45, 7) is 10.6. The van der Waals surface area contributed by atoms with Crippen LogP contribution in [0.2, 0.25) is 0 Å². The molecule has 4 nitrogen and oxygen atoms in total. The molecule has 1 aromatic rings. The molecule has 2 heterocycles. The van der Waals surface area contributed by atoms with Gasteiger partial charge in [0, 0.05) is 32.2 Å². The van der Waals surface area contributed by atoms with Gasteiger partial charge >= 0.3 is 0 Å². The van der Waals surface area contributed by atoms with Crippen LogP contribution in [0.3, 0.4) is 0 Å². The molecule has 1 aromatic carbocycles. The molecule has 0 aromatic heterocycles. The molecule has 0 radical (unpaired) electrons. The second-order valence-electron chi connectivity index (χ2n) is 6.95. The molecule has 0 bridgehead atoms. The average Bonchev–Trinajstić information content (AvgIpc) is 2.62. The van der Waals surface area contributed by atoms with Crippen LogP contribution in [-0.4, -0.2) is 57.4 Å². The predicted octanol–water partition coefficient (Wildman–Crippen LogP) is 3.12. The summed E-state index contributed by atoms with van der Waals surface area (Å²) in [5.41, 5.74) is 2.59. The fraction of sp³-hybridized carbons (Fsp3) is 0.684. The third-order valence-electron chi connectivity index (χ3n) is 5.24. The molecular weight excluding hydrogens is 288 g/mol. The Hall–Kier alpha value is -1.26. The van der Waals surface area contributed by atoms with Gasteiger partial charge in [-0.15, -0.1) is 0 Å². The highest BCUT2D eigenvalue weighted by Crippen LogP contribution is 2.34. The van der Waals surface area contributed by atoms with Crippen molar-refractivity contribution in [2.75, 3.05) is 51.4 Å². The van der Waals surface area contributed by atoms with Gasteiger partial charge < -0.3 is 14.4 Å². The van der Waals surface area contributed by atoms with Crippen molar-refractivity contribution in [2.24, 2.45) is 0 Å². The zero-order valence-electron chi connectivity index (χ0n) is 14.8. The number of hydrogen-bond acceptors (Lipinski definition) is 4. The summed E-state index contributed by atoms with van der Waals surface area (Å²) in [7, 11) is 1.78. The van der Waals surface area contributed by atoms with Gasteiger partial charge in [-0.25, -0.2) is 0 Å². The highest BCUT2D eigenvalue weighted by molar-refractivity contribution is 5.60. The molecule has 0 aliphatic carbocycles. The Bertz CT molecular complexity index is 504. The van der Waals surface area contributed by atoms with Crippen molar-refractivity contribution in [1.82, 2.24) is 4.90 Å². The summed E-state index contributed by atoms with van der Waals surface area (Å²) in [5.74, 6) is 1.55. The molecule has 0 atom stereocenters. The van der Waals surface area contributed by atoms with E-state index in [0.717, 1.165) is 51.2 Å². The highest BCUT2D eigenvalue weighted by atomic mass is 16.5. The largest absolute Gasteiger partial charge is 0.495 e. The maximum Gasteiger partial charge on any atom is 0.142 e. The third-order valence-corrected chi connectivity index (χ3v) is 5.24. The molecule has 3 rings (SSSR count). The Balaban J connectivity index is 1.65. The number of morpholine rings is 1. The van der Waals surface area contributed by atoms with Crippen molar-refractivity contribution in [3.8, 4) is 5.75 Å². The molecule has 2 fully saturated rings. The highest BCUT2D eigenvalue weighted by Gasteiger charge is 2.27. The number of rotatable bonds is 4. The van der Waals surface area contributed by atoms with Gasteiger partial charge in [-0.05, 0) is 36.5 Å². The van der Waals surface area contributed by atoms with Crippen LogP contribution in [-0.2, 0) is 4.74 Å². The SMILES string of the molecule is COc1cc(C(C)C)ccc1N1CCC(N2CCOCC2)CC1. The van der Waals surface area contributed by atoms with E-state index in [1.807, 2.05) is 0 Å². The van der Waals surface area contributed by atoms with Crippen molar-refractivity contribution in [3.05, 3.63) is 23.8 Å². The number of piperidine rings is 1. The minimum atomic E-state index is 0.532. The number of ether oxygens (including phenoxy) is 2. The minimum absolute atomic E-state index is 0.532. The Morgan fingerprint density at radius 1 is 1.09 bits per heavy atom. The first kappa shape index (κ1) is 16.6. The molecule has 0 N–H and O–H groups in total. The molecule has 0 saturated carbocycles. The lowest BCUT2D eigenvalue weighted by atomic mass is 9.99. The van der Waals surface area contributed by atoms with Crippen molar-refractivity contribution in [3.63, 3.8) is 0 Å². The van der Waals surface area contributed by atoms with Gasteiger partial charge in [-0.2, -0.15) is 0 Å². The van der Waals surface area contributed by atoms with Crippen LogP contribution in [0.1, 0.15) is 38.2 Å². The maximum absolute atomic E-state index is 5.66. The van der Waals surface area contributed by atoms with Crippen molar-refractivity contribution >= 4 is 5.69 Å². The van der Waals surface area contributed by atoms with Gasteiger partial charge in [-0.1, -0.05) is 19.9 Å². The van der Waals surface area contributed by atoms with Gasteiger partial charge in [0.15, 0.2) is 0 Å². The number of hydrogen-bond donors (Lipinski definition) is 0. The number of methoxy groups -OCH3 is 1. The summed E-state index contributed by atoms with van der Waals surface area (Å²) in [6, 6.07) is 7.41. The molecule has 2 aliphatic heterocycles. The van der Waals surface area contributed by atoms with Crippen LogP contribution in [0.5, 0.6) is 5.75 Å². The van der Waals surface area contributed by atoms with Crippen molar-refractivity contribution < 1.29 is 9.47 Å². The summed E-state index contributed by atoms with van der Waals surface area (Å²) < 4.78 is 11.1. The molecule has 2 aliphatic rings. The van der Waals surface area contributed by atoms with Crippen LogP contribution in [0.4, 0.5) is 5.69 Å². The van der Waals surface area contributed by atoms with Crippen LogP contribution >= 0.6 is 0 Å². The van der Waals surface area contributed by atoms with E-state index in [1.165, 1.54) is 24.1 Å². The molecule has 2 saturated heterocycles. The number of nitrogens with zero attached hydrogens (tertiary/aromatic N) is 2.